The van der Waals surface area contributed by atoms with Gasteiger partial charge in [0.05, 0.1) is 18.7 Å². The smallest absolute Gasteiger partial charge is 0.416 e. The van der Waals surface area contributed by atoms with Crippen molar-refractivity contribution in [3.8, 4) is 5.75 Å². The van der Waals surface area contributed by atoms with E-state index < -0.39 is 11.7 Å². The zero-order chi connectivity index (χ0) is 23.9. The molecule has 1 aliphatic heterocycles. The predicted octanol–water partition coefficient (Wildman–Crippen LogP) is 4.91. The van der Waals surface area contributed by atoms with E-state index in [0.717, 1.165) is 22.7 Å². The highest BCUT2D eigenvalue weighted by Gasteiger charge is 2.32. The number of nitrogens with zero attached hydrogens (tertiary/aromatic N) is 3. The quantitative estimate of drug-likeness (QED) is 0.509. The van der Waals surface area contributed by atoms with Crippen LogP contribution in [0.1, 0.15) is 28.5 Å². The Hall–Kier alpha value is -3.00. The summed E-state index contributed by atoms with van der Waals surface area (Å²) in [7, 11) is 3.55. The molecule has 1 atom stereocenters. The largest absolute Gasteiger partial charge is 0.497 e. The number of halogens is 3. The molecule has 8 heteroatoms. The molecule has 0 bridgehead atoms. The highest BCUT2D eigenvalue weighted by Crippen LogP contribution is 2.33. The minimum absolute atomic E-state index is 0.0406. The van der Waals surface area contributed by atoms with Crippen molar-refractivity contribution in [3.05, 3.63) is 59.3 Å². The average Bonchev–Trinajstić information content (AvgIpc) is 3.07. The van der Waals surface area contributed by atoms with Crippen molar-refractivity contribution in [1.82, 2.24) is 9.47 Å². The van der Waals surface area contributed by atoms with Crippen LogP contribution in [0.4, 0.5) is 18.9 Å². The van der Waals surface area contributed by atoms with E-state index in [1.54, 1.807) is 13.2 Å². The van der Waals surface area contributed by atoms with Gasteiger partial charge in [0.15, 0.2) is 5.78 Å². The first-order valence-electron chi connectivity index (χ1n) is 11.0. The van der Waals surface area contributed by atoms with Crippen LogP contribution in [0.2, 0.25) is 0 Å². The van der Waals surface area contributed by atoms with E-state index in [2.05, 4.69) is 4.90 Å². The van der Waals surface area contributed by atoms with E-state index in [9.17, 15) is 18.0 Å². The van der Waals surface area contributed by atoms with Gasteiger partial charge in [0.25, 0.3) is 0 Å². The highest BCUT2D eigenvalue weighted by atomic mass is 19.4. The van der Waals surface area contributed by atoms with Crippen LogP contribution in [-0.2, 0) is 13.2 Å². The molecule has 0 amide bonds. The van der Waals surface area contributed by atoms with E-state index in [4.69, 9.17) is 4.74 Å². The number of hydrogen-bond acceptors (Lipinski definition) is 4. The lowest BCUT2D eigenvalue weighted by Gasteiger charge is -2.38. The number of Topliss-reactive ketones (excluding diaryl/α,β-unsaturated/α-hetero) is 1. The third-order valence-corrected chi connectivity index (χ3v) is 6.73. The number of anilines is 1. The maximum atomic E-state index is 13.6. The second-order valence-electron chi connectivity index (χ2n) is 8.51. The van der Waals surface area contributed by atoms with Gasteiger partial charge in [0, 0.05) is 61.1 Å². The number of benzene rings is 2. The van der Waals surface area contributed by atoms with Crippen molar-refractivity contribution in [2.75, 3.05) is 38.2 Å². The van der Waals surface area contributed by atoms with Crippen LogP contribution in [0.5, 0.6) is 5.75 Å². The van der Waals surface area contributed by atoms with E-state index in [1.807, 2.05) is 48.6 Å². The lowest BCUT2D eigenvalue weighted by molar-refractivity contribution is -0.137. The second kappa shape index (κ2) is 8.74. The van der Waals surface area contributed by atoms with Crippen molar-refractivity contribution in [2.24, 2.45) is 7.05 Å². The van der Waals surface area contributed by atoms with Crippen LogP contribution in [0.15, 0.2) is 42.5 Å². The zero-order valence-corrected chi connectivity index (χ0v) is 19.2. The lowest BCUT2D eigenvalue weighted by Crippen LogP contribution is -2.51. The van der Waals surface area contributed by atoms with Gasteiger partial charge in [-0.1, -0.05) is 6.07 Å². The Kier molecular flexibility index (Phi) is 6.14. The maximum Gasteiger partial charge on any atom is 0.416 e. The third kappa shape index (κ3) is 4.31. The minimum Gasteiger partial charge on any atom is -0.497 e. The Balaban J connectivity index is 1.51. The zero-order valence-electron chi connectivity index (χ0n) is 19.2. The van der Waals surface area contributed by atoms with Crippen molar-refractivity contribution in [2.45, 2.75) is 26.1 Å². The Labute approximate surface area is 191 Å². The van der Waals surface area contributed by atoms with E-state index in [0.29, 0.717) is 43.2 Å². The number of alkyl halides is 3. The molecule has 1 saturated heterocycles. The molecule has 0 spiro atoms. The first-order valence-corrected chi connectivity index (χ1v) is 11.0. The summed E-state index contributed by atoms with van der Waals surface area (Å²) in [5.74, 6) is 0.739. The molecule has 4 rings (SSSR count). The number of hydrogen-bond donors (Lipinski definition) is 0. The standard InChI is InChI=1S/C25H28F3N3O2/c1-16-23(21-15-20(33-4)8-9-22(21)29(16)3)24(32)17(2)30-10-12-31(13-11-30)19-7-5-6-18(14-19)25(26,27)28/h5-9,14-15,17H,10-13H2,1-4H3/t17-/m1/s1. The Morgan fingerprint density at radius 1 is 1.06 bits per heavy atom. The van der Waals surface area contributed by atoms with Gasteiger partial charge in [0.1, 0.15) is 5.75 Å². The fourth-order valence-electron chi connectivity index (χ4n) is 4.61. The number of aryl methyl sites for hydroxylation is 1. The third-order valence-electron chi connectivity index (χ3n) is 6.73. The maximum absolute atomic E-state index is 13.6. The molecule has 1 aromatic heterocycles. The molecule has 0 radical (unpaired) electrons. The number of carbonyl (C=O) groups is 1. The molecule has 33 heavy (non-hydrogen) atoms. The number of fused-ring (bicyclic) bond motifs is 1. The summed E-state index contributed by atoms with van der Waals surface area (Å²) in [6, 6.07) is 10.8. The fourth-order valence-corrected chi connectivity index (χ4v) is 4.61. The normalized spacial score (nSPS) is 16.3. The number of aromatic nitrogens is 1. The molecule has 0 N–H and O–H groups in total. The van der Waals surface area contributed by atoms with Crippen molar-refractivity contribution >= 4 is 22.4 Å². The lowest BCUT2D eigenvalue weighted by atomic mass is 10.00. The molecule has 3 aromatic rings. The number of ketones is 1. The highest BCUT2D eigenvalue weighted by molar-refractivity contribution is 6.12. The number of rotatable bonds is 5. The Morgan fingerprint density at radius 3 is 2.39 bits per heavy atom. The number of piperazine rings is 1. The van der Waals surface area contributed by atoms with Crippen LogP contribution < -0.4 is 9.64 Å². The van der Waals surface area contributed by atoms with E-state index in [1.165, 1.54) is 12.1 Å². The SMILES string of the molecule is COc1ccc2c(c1)c(C(=O)[C@@H](C)N1CCN(c3cccc(C(F)(F)F)c3)CC1)c(C)n2C. The van der Waals surface area contributed by atoms with Gasteiger partial charge in [-0.2, -0.15) is 13.2 Å². The van der Waals surface area contributed by atoms with Crippen LogP contribution in [0, 0.1) is 6.92 Å². The Bertz CT molecular complexity index is 1180. The first-order chi connectivity index (χ1) is 15.6. The van der Waals surface area contributed by atoms with Gasteiger partial charge < -0.3 is 14.2 Å². The van der Waals surface area contributed by atoms with Gasteiger partial charge in [-0.05, 0) is 50.2 Å². The number of ether oxygens (including phenoxy) is 1. The van der Waals surface area contributed by atoms with Gasteiger partial charge in [-0.15, -0.1) is 0 Å². The minimum atomic E-state index is -4.36. The summed E-state index contributed by atoms with van der Waals surface area (Å²) in [6.07, 6.45) is -4.36. The monoisotopic (exact) mass is 459 g/mol. The molecule has 2 aromatic carbocycles. The first kappa shape index (κ1) is 23.2. The average molecular weight is 460 g/mol. The van der Waals surface area contributed by atoms with Crippen molar-refractivity contribution < 1.29 is 22.7 Å². The van der Waals surface area contributed by atoms with E-state index >= 15 is 0 Å². The van der Waals surface area contributed by atoms with Crippen molar-refractivity contribution in [1.29, 1.82) is 0 Å². The van der Waals surface area contributed by atoms with E-state index in [-0.39, 0.29) is 11.8 Å². The Morgan fingerprint density at radius 2 is 1.76 bits per heavy atom. The van der Waals surface area contributed by atoms with Gasteiger partial charge in [-0.3, -0.25) is 9.69 Å². The summed E-state index contributed by atoms with van der Waals surface area (Å²) < 4.78 is 46.6. The topological polar surface area (TPSA) is 37.7 Å². The van der Waals surface area contributed by atoms with Gasteiger partial charge in [-0.25, -0.2) is 0 Å². The summed E-state index contributed by atoms with van der Waals surface area (Å²) in [5, 5.41) is 0.869. The fraction of sp³-hybridized carbons (Fsp3) is 0.400. The molecule has 1 aliphatic rings. The molecule has 176 valence electrons. The summed E-state index contributed by atoms with van der Waals surface area (Å²) in [4.78, 5) is 17.6. The predicted molar refractivity (Wildman–Crippen MR) is 123 cm³/mol. The molecular formula is C25H28F3N3O2. The molecule has 2 heterocycles. The van der Waals surface area contributed by atoms with Gasteiger partial charge in [0.2, 0.25) is 0 Å². The molecular weight excluding hydrogens is 431 g/mol. The van der Waals surface area contributed by atoms with Crippen LogP contribution in [0.25, 0.3) is 10.9 Å². The van der Waals surface area contributed by atoms with Crippen LogP contribution in [0.3, 0.4) is 0 Å². The van der Waals surface area contributed by atoms with Crippen LogP contribution in [-0.4, -0.2) is 54.6 Å². The molecule has 0 aliphatic carbocycles. The molecule has 5 nitrogen and oxygen atoms in total. The molecule has 0 saturated carbocycles. The summed E-state index contributed by atoms with van der Waals surface area (Å²) >= 11 is 0. The molecule has 1 fully saturated rings. The van der Waals surface area contributed by atoms with Crippen molar-refractivity contribution in [3.63, 3.8) is 0 Å². The number of carbonyl (C=O) groups excluding carboxylic acids is 1. The number of methoxy groups -OCH3 is 1. The van der Waals surface area contributed by atoms with Gasteiger partial charge >= 0.3 is 6.18 Å². The molecule has 0 unspecified atom stereocenters. The summed E-state index contributed by atoms with van der Waals surface area (Å²) in [5.41, 5.74) is 2.48. The summed E-state index contributed by atoms with van der Waals surface area (Å²) in [6.45, 7) is 6.15. The van der Waals surface area contributed by atoms with Crippen LogP contribution >= 0.6 is 0 Å². The second-order valence-corrected chi connectivity index (χ2v) is 8.51.